The molecular weight excluding hydrogens is 416 g/mol. The molecule has 1 aromatic heterocycles. The second kappa shape index (κ2) is 7.78. The number of aromatic hydroxyl groups is 1. The Hall–Kier alpha value is -4.83. The molecule has 0 saturated carbocycles. The molecule has 1 unspecified atom stereocenters. The highest BCUT2D eigenvalue weighted by atomic mass is 16.5. The molecule has 1 aliphatic rings. The second-order valence-corrected chi connectivity index (χ2v) is 6.98. The average Bonchev–Trinajstić information content (AvgIpc) is 2.80. The van der Waals surface area contributed by atoms with Gasteiger partial charge in [-0.25, -0.2) is 4.85 Å². The Labute approximate surface area is 180 Å². The lowest BCUT2D eigenvalue weighted by atomic mass is 10.0. The van der Waals surface area contributed by atoms with Crippen molar-refractivity contribution in [2.24, 2.45) is 0 Å². The first-order chi connectivity index (χ1) is 15.3. The van der Waals surface area contributed by atoms with Crippen LogP contribution in [0, 0.1) is 17.9 Å². The summed E-state index contributed by atoms with van der Waals surface area (Å²) >= 11 is 0. The Morgan fingerprint density at radius 3 is 2.62 bits per heavy atom. The number of hydrogen-bond donors (Lipinski definition) is 3. The van der Waals surface area contributed by atoms with Crippen LogP contribution in [0.4, 0.5) is 5.69 Å². The number of amides is 1. The third-order valence-electron chi connectivity index (χ3n) is 5.10. The van der Waals surface area contributed by atoms with Gasteiger partial charge < -0.3 is 24.8 Å². The van der Waals surface area contributed by atoms with E-state index in [0.717, 1.165) is 0 Å². The summed E-state index contributed by atoms with van der Waals surface area (Å²) < 4.78 is 7.27. The van der Waals surface area contributed by atoms with E-state index in [9.17, 15) is 19.5 Å². The summed E-state index contributed by atoms with van der Waals surface area (Å²) in [6.45, 7) is 6.67. The van der Waals surface area contributed by atoms with Gasteiger partial charge in [-0.05, 0) is 17.7 Å². The lowest BCUT2D eigenvalue weighted by Crippen LogP contribution is -2.38. The van der Waals surface area contributed by atoms with Gasteiger partial charge in [0.2, 0.25) is 5.69 Å². The quantitative estimate of drug-likeness (QED) is 0.537. The maximum Gasteiger partial charge on any atom is 0.322 e. The van der Waals surface area contributed by atoms with E-state index in [1.165, 1.54) is 16.7 Å². The number of carbonyl (C=O) groups excluding carboxylic acids is 1. The van der Waals surface area contributed by atoms with Gasteiger partial charge in [-0.1, -0.05) is 24.3 Å². The highest BCUT2D eigenvalue weighted by Crippen LogP contribution is 2.44. The molecule has 0 bridgehead atoms. The minimum absolute atomic E-state index is 0.0326. The number of rotatable bonds is 4. The number of ether oxygens (including phenoxy) is 1. The number of nitrogens with zero attached hydrogens (tertiary/aromatic N) is 3. The summed E-state index contributed by atoms with van der Waals surface area (Å²) in [5.41, 5.74) is -0.0797. The van der Waals surface area contributed by atoms with Crippen LogP contribution in [-0.2, 0) is 11.3 Å². The molecule has 1 aliphatic heterocycles. The van der Waals surface area contributed by atoms with Crippen LogP contribution in [0.15, 0.2) is 41.2 Å². The van der Waals surface area contributed by atoms with Crippen molar-refractivity contribution in [3.8, 4) is 17.6 Å². The van der Waals surface area contributed by atoms with Gasteiger partial charge >= 0.3 is 5.97 Å². The number of aliphatic carboxylic acids is 1. The molecule has 2 heterocycles. The molecule has 0 saturated heterocycles. The average molecular weight is 430 g/mol. The Morgan fingerprint density at radius 2 is 2.00 bits per heavy atom. The lowest BCUT2D eigenvalue weighted by Gasteiger charge is -2.29. The molecule has 10 heteroatoms. The molecule has 10 nitrogen and oxygen atoms in total. The van der Waals surface area contributed by atoms with Gasteiger partial charge in [0.05, 0.1) is 30.3 Å². The van der Waals surface area contributed by atoms with Crippen LogP contribution in [-0.4, -0.2) is 33.2 Å². The van der Waals surface area contributed by atoms with Gasteiger partial charge in [0, 0.05) is 5.39 Å². The molecule has 3 aromatic rings. The number of hydrogen-bond acceptors (Lipinski definition) is 6. The maximum atomic E-state index is 13.2. The van der Waals surface area contributed by atoms with Gasteiger partial charge in [0.25, 0.3) is 11.5 Å². The van der Waals surface area contributed by atoms with Crippen molar-refractivity contribution in [3.05, 3.63) is 74.9 Å². The number of nitriles is 1. The number of nitrogens with one attached hydrogen (secondary N) is 1. The Kier molecular flexibility index (Phi) is 4.97. The molecule has 3 N–H and O–H groups in total. The fourth-order valence-electron chi connectivity index (χ4n) is 3.61. The van der Waals surface area contributed by atoms with Crippen LogP contribution >= 0.6 is 0 Å². The molecule has 1 atom stereocenters. The minimum Gasteiger partial charge on any atom is -0.506 e. The van der Waals surface area contributed by atoms with Crippen LogP contribution < -0.4 is 15.6 Å². The van der Waals surface area contributed by atoms with E-state index < -0.39 is 41.4 Å². The third kappa shape index (κ3) is 3.26. The summed E-state index contributed by atoms with van der Waals surface area (Å²) in [5.74, 6) is -2.87. The molecule has 0 radical (unpaired) electrons. The monoisotopic (exact) mass is 430 g/mol. The van der Waals surface area contributed by atoms with E-state index in [1.807, 2.05) is 6.07 Å². The van der Waals surface area contributed by atoms with E-state index in [2.05, 4.69) is 10.2 Å². The molecule has 4 rings (SSSR count). The predicted octanol–water partition coefficient (Wildman–Crippen LogP) is 2.08. The van der Waals surface area contributed by atoms with E-state index in [-0.39, 0.29) is 28.9 Å². The normalized spacial score (nSPS) is 14.1. The van der Waals surface area contributed by atoms with Crippen LogP contribution in [0.3, 0.4) is 0 Å². The van der Waals surface area contributed by atoms with Crippen molar-refractivity contribution in [2.45, 2.75) is 12.6 Å². The Morgan fingerprint density at radius 1 is 1.28 bits per heavy atom. The summed E-state index contributed by atoms with van der Waals surface area (Å²) in [4.78, 5) is 39.9. The zero-order valence-electron chi connectivity index (χ0n) is 16.3. The summed E-state index contributed by atoms with van der Waals surface area (Å²) in [7, 11) is 0. The number of carbonyl (C=O) groups is 2. The zero-order chi connectivity index (χ0) is 23.0. The van der Waals surface area contributed by atoms with E-state index >= 15 is 0 Å². The first-order valence-corrected chi connectivity index (χ1v) is 9.32. The van der Waals surface area contributed by atoms with Gasteiger partial charge in [0.15, 0.2) is 5.75 Å². The van der Waals surface area contributed by atoms with Crippen molar-refractivity contribution in [3.63, 3.8) is 0 Å². The second-order valence-electron chi connectivity index (χ2n) is 6.98. The summed E-state index contributed by atoms with van der Waals surface area (Å²) in [5, 5.41) is 30.7. The number of aromatic nitrogens is 1. The maximum absolute atomic E-state index is 13.2. The van der Waals surface area contributed by atoms with Gasteiger partial charge in [-0.2, -0.15) is 5.26 Å². The van der Waals surface area contributed by atoms with E-state index in [4.69, 9.17) is 21.7 Å². The van der Waals surface area contributed by atoms with Crippen LogP contribution in [0.5, 0.6) is 11.5 Å². The minimum atomic E-state index is -1.31. The lowest BCUT2D eigenvalue weighted by molar-refractivity contribution is -0.135. The van der Waals surface area contributed by atoms with E-state index in [1.54, 1.807) is 24.3 Å². The molecule has 0 spiro atoms. The number of benzene rings is 2. The molecule has 1 amide bonds. The molecule has 32 heavy (non-hydrogen) atoms. The van der Waals surface area contributed by atoms with E-state index in [0.29, 0.717) is 11.1 Å². The van der Waals surface area contributed by atoms with Crippen LogP contribution in [0.2, 0.25) is 0 Å². The fourth-order valence-corrected chi connectivity index (χ4v) is 3.61. The third-order valence-corrected chi connectivity index (χ3v) is 5.10. The van der Waals surface area contributed by atoms with Crippen LogP contribution in [0.1, 0.15) is 27.6 Å². The van der Waals surface area contributed by atoms with Crippen molar-refractivity contribution < 1.29 is 24.5 Å². The SMILES string of the molecule is [C-]#[N+]c1ccc2c(O)c(C(=O)NCC(=O)O)c(=O)n3c2c1OC(c1ccc(C#N)cc1)C3. The Balaban J connectivity index is 1.91. The van der Waals surface area contributed by atoms with Crippen molar-refractivity contribution in [1.29, 1.82) is 5.26 Å². The molecule has 0 fully saturated rings. The number of carboxylic acid groups (broad SMARTS) is 1. The first kappa shape index (κ1) is 20.4. The highest BCUT2D eigenvalue weighted by Gasteiger charge is 2.31. The molecule has 2 aromatic carbocycles. The number of carboxylic acids is 1. The topological polar surface area (TPSA) is 146 Å². The fraction of sp³-hybridized carbons (Fsp3) is 0.136. The Bertz CT molecular complexity index is 1430. The summed E-state index contributed by atoms with van der Waals surface area (Å²) in [6, 6.07) is 11.3. The zero-order valence-corrected chi connectivity index (χ0v) is 16.3. The van der Waals surface area contributed by atoms with Crippen LogP contribution in [0.25, 0.3) is 15.7 Å². The smallest absolute Gasteiger partial charge is 0.322 e. The molecule has 158 valence electrons. The van der Waals surface area contributed by atoms with Crippen molar-refractivity contribution in [2.75, 3.05) is 6.54 Å². The predicted molar refractivity (Wildman–Crippen MR) is 111 cm³/mol. The molecular formula is C22H14N4O6. The van der Waals surface area contributed by atoms with Gasteiger partial charge in [-0.3, -0.25) is 14.4 Å². The molecule has 0 aliphatic carbocycles. The largest absolute Gasteiger partial charge is 0.506 e. The van der Waals surface area contributed by atoms with Crippen molar-refractivity contribution >= 4 is 28.5 Å². The van der Waals surface area contributed by atoms with Gasteiger partial charge in [-0.15, -0.1) is 0 Å². The summed E-state index contributed by atoms with van der Waals surface area (Å²) in [6.07, 6.45) is -0.710. The first-order valence-electron chi connectivity index (χ1n) is 9.32. The highest BCUT2D eigenvalue weighted by molar-refractivity contribution is 6.05. The van der Waals surface area contributed by atoms with Crippen molar-refractivity contribution in [1.82, 2.24) is 9.88 Å². The van der Waals surface area contributed by atoms with Gasteiger partial charge in [0.1, 0.15) is 24.0 Å². The number of pyridine rings is 1. The standard InChI is InChI=1S/C22H14N4O6/c1-24-14-7-6-13-18-20(14)32-15(12-4-2-11(8-23)3-5-12)10-26(18)22(31)17(19(13)29)21(30)25-9-16(27)28/h2-7,15,29H,9-10H2,(H,25,30)(H,27,28).